The average molecular weight is 275 g/mol. The van der Waals surface area contributed by atoms with E-state index in [1.165, 1.54) is 10.5 Å². The van der Waals surface area contributed by atoms with E-state index < -0.39 is 10.0 Å². The van der Waals surface area contributed by atoms with Crippen molar-refractivity contribution in [2.45, 2.75) is 37.7 Å². The molecule has 1 aromatic heterocycles. The summed E-state index contributed by atoms with van der Waals surface area (Å²) >= 11 is 0. The normalized spacial score (nSPS) is 26.4. The minimum absolute atomic E-state index is 0.0358. The standard InChI is InChI=1S/C10H17N3O4S/c1-7-4-13(5-8(2)17-7)18(15,16)10-9(6-14)3-11-12-10/h3,7-8,14H,4-6H2,1-2H3,(H,11,12)/t7-,8+. The van der Waals surface area contributed by atoms with Gasteiger partial charge >= 0.3 is 0 Å². The summed E-state index contributed by atoms with van der Waals surface area (Å²) in [4.78, 5) is 0. The maximum atomic E-state index is 12.4. The number of morpholine rings is 1. The van der Waals surface area contributed by atoms with Gasteiger partial charge in [-0.25, -0.2) is 8.42 Å². The summed E-state index contributed by atoms with van der Waals surface area (Å²) in [5.41, 5.74) is 0.279. The number of hydrogen-bond donors (Lipinski definition) is 2. The topological polar surface area (TPSA) is 95.5 Å². The van der Waals surface area contributed by atoms with Crippen LogP contribution in [-0.2, 0) is 21.4 Å². The third-order valence-corrected chi connectivity index (χ3v) is 4.68. The second-order valence-electron chi connectivity index (χ2n) is 4.46. The molecule has 2 rings (SSSR count). The lowest BCUT2D eigenvalue weighted by atomic mass is 10.3. The first-order valence-corrected chi connectivity index (χ1v) is 7.18. The molecule has 2 N–H and O–H groups in total. The number of hydrogen-bond acceptors (Lipinski definition) is 5. The first-order chi connectivity index (χ1) is 8.45. The molecule has 1 aromatic rings. The van der Waals surface area contributed by atoms with Gasteiger partial charge in [0.2, 0.25) is 0 Å². The molecule has 0 spiro atoms. The minimum Gasteiger partial charge on any atom is -0.392 e. The van der Waals surface area contributed by atoms with E-state index in [1.807, 2.05) is 13.8 Å². The number of H-pyrrole nitrogens is 1. The summed E-state index contributed by atoms with van der Waals surface area (Å²) in [6, 6.07) is 0. The Bertz CT molecular complexity index is 503. The van der Waals surface area contributed by atoms with Gasteiger partial charge in [0.25, 0.3) is 10.0 Å². The zero-order valence-corrected chi connectivity index (χ0v) is 11.1. The Morgan fingerprint density at radius 3 is 2.67 bits per heavy atom. The van der Waals surface area contributed by atoms with E-state index in [-0.39, 0.29) is 29.4 Å². The lowest BCUT2D eigenvalue weighted by Crippen LogP contribution is -2.48. The number of aliphatic hydroxyl groups excluding tert-OH is 1. The highest BCUT2D eigenvalue weighted by atomic mass is 32.2. The lowest BCUT2D eigenvalue weighted by Gasteiger charge is -2.34. The van der Waals surface area contributed by atoms with Crippen molar-refractivity contribution in [3.63, 3.8) is 0 Å². The number of sulfonamides is 1. The lowest BCUT2D eigenvalue weighted by molar-refractivity contribution is -0.0441. The molecule has 18 heavy (non-hydrogen) atoms. The Kier molecular flexibility index (Phi) is 3.71. The van der Waals surface area contributed by atoms with Crippen LogP contribution in [0.1, 0.15) is 19.4 Å². The van der Waals surface area contributed by atoms with E-state index in [1.54, 1.807) is 0 Å². The third-order valence-electron chi connectivity index (χ3n) is 2.83. The first kappa shape index (κ1) is 13.5. The number of rotatable bonds is 3. The Morgan fingerprint density at radius 1 is 1.50 bits per heavy atom. The number of nitrogens with one attached hydrogen (secondary N) is 1. The number of aromatic amines is 1. The first-order valence-electron chi connectivity index (χ1n) is 5.74. The molecule has 2 atom stereocenters. The molecule has 8 heteroatoms. The van der Waals surface area contributed by atoms with Crippen LogP contribution in [0.4, 0.5) is 0 Å². The number of ether oxygens (including phenoxy) is 1. The van der Waals surface area contributed by atoms with Crippen molar-refractivity contribution in [3.8, 4) is 0 Å². The summed E-state index contributed by atoms with van der Waals surface area (Å²) in [5.74, 6) is 0. The highest BCUT2D eigenvalue weighted by Crippen LogP contribution is 2.21. The van der Waals surface area contributed by atoms with Crippen LogP contribution >= 0.6 is 0 Å². The van der Waals surface area contributed by atoms with Gasteiger partial charge in [0.1, 0.15) is 0 Å². The molecule has 102 valence electrons. The predicted octanol–water partition coefficient (Wildman–Crippen LogP) is -0.300. The maximum absolute atomic E-state index is 12.4. The molecule has 0 aliphatic carbocycles. The zero-order chi connectivity index (χ0) is 13.3. The Labute approximate surface area is 106 Å². The molecule has 1 aliphatic heterocycles. The van der Waals surface area contributed by atoms with Gasteiger partial charge in [0.15, 0.2) is 5.03 Å². The maximum Gasteiger partial charge on any atom is 0.260 e. The fourth-order valence-electron chi connectivity index (χ4n) is 2.09. The van der Waals surface area contributed by atoms with E-state index in [2.05, 4.69) is 10.2 Å². The number of aromatic nitrogens is 2. The smallest absolute Gasteiger partial charge is 0.260 e. The van der Waals surface area contributed by atoms with Crippen LogP contribution in [0.2, 0.25) is 0 Å². The SMILES string of the molecule is C[C@@H]1CN(S(=O)(=O)c2[nH]ncc2CO)C[C@H](C)O1. The molecule has 0 radical (unpaired) electrons. The van der Waals surface area contributed by atoms with Gasteiger partial charge in [-0.1, -0.05) is 0 Å². The van der Waals surface area contributed by atoms with Crippen LogP contribution in [0.5, 0.6) is 0 Å². The molecule has 0 amide bonds. The second-order valence-corrected chi connectivity index (χ2v) is 6.34. The van der Waals surface area contributed by atoms with Gasteiger partial charge in [0.05, 0.1) is 25.0 Å². The van der Waals surface area contributed by atoms with Crippen molar-refractivity contribution in [2.24, 2.45) is 0 Å². The fraction of sp³-hybridized carbons (Fsp3) is 0.700. The Balaban J connectivity index is 2.31. The van der Waals surface area contributed by atoms with Crippen molar-refractivity contribution in [2.75, 3.05) is 13.1 Å². The van der Waals surface area contributed by atoms with Crippen LogP contribution in [0.25, 0.3) is 0 Å². The van der Waals surface area contributed by atoms with Gasteiger partial charge in [-0.3, -0.25) is 5.10 Å². The average Bonchev–Trinajstić information content (AvgIpc) is 2.76. The van der Waals surface area contributed by atoms with E-state index in [9.17, 15) is 8.42 Å². The highest BCUT2D eigenvalue weighted by Gasteiger charge is 2.34. The van der Waals surface area contributed by atoms with Crippen LogP contribution in [0, 0.1) is 0 Å². The molecule has 1 aliphatic rings. The van der Waals surface area contributed by atoms with E-state index in [0.29, 0.717) is 13.1 Å². The molecule has 1 saturated heterocycles. The summed E-state index contributed by atoms with van der Waals surface area (Å²) in [5, 5.41) is 15.2. The molecular weight excluding hydrogens is 258 g/mol. The molecule has 0 unspecified atom stereocenters. The molecule has 0 saturated carbocycles. The fourth-order valence-corrected chi connectivity index (χ4v) is 3.78. The van der Waals surface area contributed by atoms with Crippen LogP contribution in [-0.4, -0.2) is 53.3 Å². The van der Waals surface area contributed by atoms with Gasteiger partial charge in [-0.2, -0.15) is 9.40 Å². The van der Waals surface area contributed by atoms with E-state index in [4.69, 9.17) is 9.84 Å². The molecular formula is C10H17N3O4S. The zero-order valence-electron chi connectivity index (χ0n) is 10.3. The second kappa shape index (κ2) is 4.96. The van der Waals surface area contributed by atoms with E-state index >= 15 is 0 Å². The third kappa shape index (κ3) is 2.41. The van der Waals surface area contributed by atoms with Gasteiger partial charge in [-0.05, 0) is 13.8 Å². The van der Waals surface area contributed by atoms with Gasteiger partial charge in [0, 0.05) is 18.7 Å². The van der Waals surface area contributed by atoms with Crippen molar-refractivity contribution in [1.82, 2.24) is 14.5 Å². The summed E-state index contributed by atoms with van der Waals surface area (Å²) in [6.07, 6.45) is 1.02. The highest BCUT2D eigenvalue weighted by molar-refractivity contribution is 7.89. The molecule has 2 heterocycles. The van der Waals surface area contributed by atoms with Crippen molar-refractivity contribution >= 4 is 10.0 Å². The van der Waals surface area contributed by atoms with Crippen LogP contribution < -0.4 is 0 Å². The van der Waals surface area contributed by atoms with Crippen LogP contribution in [0.15, 0.2) is 11.2 Å². The summed E-state index contributed by atoms with van der Waals surface area (Å²) in [6.45, 7) is 3.91. The monoisotopic (exact) mass is 275 g/mol. The quantitative estimate of drug-likeness (QED) is 0.789. The summed E-state index contributed by atoms with van der Waals surface area (Å²) < 4.78 is 31.7. The van der Waals surface area contributed by atoms with Gasteiger partial charge < -0.3 is 9.84 Å². The predicted molar refractivity (Wildman–Crippen MR) is 63.3 cm³/mol. The summed E-state index contributed by atoms with van der Waals surface area (Å²) in [7, 11) is -3.65. The Morgan fingerprint density at radius 2 is 2.11 bits per heavy atom. The van der Waals surface area contributed by atoms with Crippen LogP contribution in [0.3, 0.4) is 0 Å². The molecule has 7 nitrogen and oxygen atoms in total. The van der Waals surface area contributed by atoms with E-state index in [0.717, 1.165) is 0 Å². The van der Waals surface area contributed by atoms with Crippen molar-refractivity contribution in [1.29, 1.82) is 0 Å². The van der Waals surface area contributed by atoms with Crippen molar-refractivity contribution < 1.29 is 18.3 Å². The van der Waals surface area contributed by atoms with Crippen molar-refractivity contribution in [3.05, 3.63) is 11.8 Å². The molecule has 0 aromatic carbocycles. The minimum atomic E-state index is -3.65. The molecule has 1 fully saturated rings. The number of aliphatic hydroxyl groups is 1. The largest absolute Gasteiger partial charge is 0.392 e. The Hall–Kier alpha value is -0.960. The van der Waals surface area contributed by atoms with Gasteiger partial charge in [-0.15, -0.1) is 0 Å². The number of nitrogens with zero attached hydrogens (tertiary/aromatic N) is 2. The molecule has 0 bridgehead atoms.